The first kappa shape index (κ1) is 13.4. The molecule has 2 aliphatic rings. The zero-order chi connectivity index (χ0) is 15.0. The molecule has 0 saturated heterocycles. The summed E-state index contributed by atoms with van der Waals surface area (Å²) >= 11 is 0. The van der Waals surface area contributed by atoms with Crippen molar-refractivity contribution < 1.29 is 9.53 Å². The smallest absolute Gasteiger partial charge is 0.418 e. The standard InChI is InChI=1S/C15H16N4O2/c1-15(2,3)21-14(20)18-8-5-12-11(10-18)13-9-16-6-4-7-19(13)17-12/h4-10H,1-3H3. The van der Waals surface area contributed by atoms with Crippen molar-refractivity contribution >= 4 is 37.0 Å². The van der Waals surface area contributed by atoms with Gasteiger partial charge in [0, 0.05) is 30.0 Å². The molecule has 1 aromatic heterocycles. The summed E-state index contributed by atoms with van der Waals surface area (Å²) < 4.78 is 7.09. The van der Waals surface area contributed by atoms with Crippen molar-refractivity contribution in [1.29, 1.82) is 0 Å². The van der Waals surface area contributed by atoms with Gasteiger partial charge in [-0.05, 0) is 32.9 Å². The Kier molecular flexibility index (Phi) is 3.01. The second kappa shape index (κ2) is 4.73. The highest BCUT2D eigenvalue weighted by atomic mass is 16.6. The lowest BCUT2D eigenvalue weighted by Gasteiger charge is -2.23. The maximum atomic E-state index is 12.1. The topological polar surface area (TPSA) is 59.7 Å². The highest BCUT2D eigenvalue weighted by Gasteiger charge is 2.21. The Balaban J connectivity index is 2.03. The van der Waals surface area contributed by atoms with Gasteiger partial charge in [0.2, 0.25) is 0 Å². The van der Waals surface area contributed by atoms with Crippen molar-refractivity contribution in [2.45, 2.75) is 26.4 Å². The van der Waals surface area contributed by atoms with Gasteiger partial charge in [0.1, 0.15) is 5.60 Å². The number of aliphatic imine (C=N–C) groups is 1. The quantitative estimate of drug-likeness (QED) is 0.717. The van der Waals surface area contributed by atoms with E-state index in [9.17, 15) is 4.79 Å². The van der Waals surface area contributed by atoms with Crippen LogP contribution in [0.2, 0.25) is 0 Å². The van der Waals surface area contributed by atoms with Crippen LogP contribution in [0.15, 0.2) is 17.3 Å². The van der Waals surface area contributed by atoms with E-state index in [-0.39, 0.29) is 0 Å². The van der Waals surface area contributed by atoms with Crippen LogP contribution in [-0.2, 0) is 4.74 Å². The molecular formula is C15H16N4O2. The van der Waals surface area contributed by atoms with Crippen LogP contribution in [0.5, 0.6) is 0 Å². The van der Waals surface area contributed by atoms with Crippen LogP contribution in [0.1, 0.15) is 26.5 Å². The Morgan fingerprint density at radius 3 is 2.86 bits per heavy atom. The first-order chi connectivity index (χ1) is 9.94. The number of fused-ring (bicyclic) bond motifs is 3. The zero-order valence-electron chi connectivity index (χ0n) is 12.1. The summed E-state index contributed by atoms with van der Waals surface area (Å²) in [6.07, 6.45) is 11.8. The fraction of sp³-hybridized carbons (Fsp3) is 0.267. The second-order valence-corrected chi connectivity index (χ2v) is 5.73. The molecule has 0 unspecified atom stereocenters. The summed E-state index contributed by atoms with van der Waals surface area (Å²) in [5, 5.41) is 6.11. The minimum absolute atomic E-state index is 0.419. The molecule has 0 atom stereocenters. The van der Waals surface area contributed by atoms with Gasteiger partial charge in [-0.15, -0.1) is 0 Å². The van der Waals surface area contributed by atoms with Gasteiger partial charge in [-0.3, -0.25) is 9.89 Å². The van der Waals surface area contributed by atoms with E-state index in [1.807, 2.05) is 27.0 Å². The molecule has 1 amide bonds. The van der Waals surface area contributed by atoms with E-state index in [0.717, 1.165) is 16.3 Å². The maximum Gasteiger partial charge on any atom is 0.418 e. The van der Waals surface area contributed by atoms with Gasteiger partial charge in [0.15, 0.2) is 0 Å². The lowest BCUT2D eigenvalue weighted by molar-refractivity contribution is 0.0420. The van der Waals surface area contributed by atoms with E-state index >= 15 is 0 Å². The molecule has 0 aromatic carbocycles. The number of ether oxygens (including phenoxy) is 1. The third kappa shape index (κ3) is 2.65. The molecule has 1 aromatic rings. The predicted molar refractivity (Wildman–Crippen MR) is 81.3 cm³/mol. The Morgan fingerprint density at radius 1 is 1.29 bits per heavy atom. The van der Waals surface area contributed by atoms with Crippen LogP contribution in [0.4, 0.5) is 4.79 Å². The average Bonchev–Trinajstić information content (AvgIpc) is 2.58. The summed E-state index contributed by atoms with van der Waals surface area (Å²) in [6, 6.07) is 0. The molecule has 108 valence electrons. The number of hydrogen-bond acceptors (Lipinski definition) is 4. The normalized spacial score (nSPS) is 15.7. The van der Waals surface area contributed by atoms with E-state index in [1.54, 1.807) is 41.6 Å². The highest BCUT2D eigenvalue weighted by Crippen LogP contribution is 2.12. The third-order valence-corrected chi connectivity index (χ3v) is 2.88. The number of carbonyl (C=O) groups excluding carboxylic acids is 1. The summed E-state index contributed by atoms with van der Waals surface area (Å²) in [7, 11) is 0. The molecule has 0 aliphatic carbocycles. The summed E-state index contributed by atoms with van der Waals surface area (Å²) in [5.41, 5.74) is 0.261. The largest absolute Gasteiger partial charge is 0.443 e. The number of carbonyl (C=O) groups is 1. The van der Waals surface area contributed by atoms with Crippen molar-refractivity contribution in [2.75, 3.05) is 0 Å². The molecule has 0 N–H and O–H groups in total. The number of hydrogen-bond donors (Lipinski definition) is 0. The molecule has 0 saturated carbocycles. The molecule has 21 heavy (non-hydrogen) atoms. The molecule has 6 nitrogen and oxygen atoms in total. The molecule has 6 heteroatoms. The van der Waals surface area contributed by atoms with Gasteiger partial charge in [0.25, 0.3) is 0 Å². The number of rotatable bonds is 0. The van der Waals surface area contributed by atoms with E-state index in [2.05, 4.69) is 10.1 Å². The van der Waals surface area contributed by atoms with Crippen molar-refractivity contribution in [3.8, 4) is 0 Å². The van der Waals surface area contributed by atoms with E-state index < -0.39 is 11.7 Å². The SMILES string of the molecule is CC(C)(C)OC(=O)N1C=Cc2nn3c(c2=C1)=CN=CC=C3. The van der Waals surface area contributed by atoms with Crippen LogP contribution in [0, 0.1) is 0 Å². The fourth-order valence-corrected chi connectivity index (χ4v) is 2.02. The van der Waals surface area contributed by atoms with Crippen LogP contribution >= 0.6 is 0 Å². The summed E-state index contributed by atoms with van der Waals surface area (Å²) in [4.78, 5) is 17.7. The maximum absolute atomic E-state index is 12.1. The number of nitrogens with zero attached hydrogens (tertiary/aromatic N) is 4. The number of aromatic nitrogens is 2. The van der Waals surface area contributed by atoms with Crippen molar-refractivity contribution in [3.63, 3.8) is 0 Å². The molecule has 0 fully saturated rings. The average molecular weight is 284 g/mol. The fourth-order valence-electron chi connectivity index (χ4n) is 2.02. The monoisotopic (exact) mass is 284 g/mol. The van der Waals surface area contributed by atoms with Crippen LogP contribution in [0.25, 0.3) is 24.7 Å². The molecule has 2 aliphatic heterocycles. The summed E-state index contributed by atoms with van der Waals surface area (Å²) in [6.45, 7) is 5.51. The number of amides is 1. The Labute approximate surface area is 122 Å². The summed E-state index contributed by atoms with van der Waals surface area (Å²) in [5.74, 6) is 0. The molecule has 0 spiro atoms. The lowest BCUT2D eigenvalue weighted by atomic mass is 10.2. The minimum atomic E-state index is -0.534. The molecular weight excluding hydrogens is 268 g/mol. The Hall–Kier alpha value is -2.63. The van der Waals surface area contributed by atoms with Crippen molar-refractivity contribution in [2.24, 2.45) is 4.99 Å². The Bertz CT molecular complexity index is 791. The molecule has 3 heterocycles. The van der Waals surface area contributed by atoms with Gasteiger partial charge >= 0.3 is 6.09 Å². The van der Waals surface area contributed by atoms with Crippen LogP contribution in [-0.4, -0.2) is 32.6 Å². The van der Waals surface area contributed by atoms with Crippen LogP contribution in [0.3, 0.4) is 0 Å². The van der Waals surface area contributed by atoms with Crippen molar-refractivity contribution in [3.05, 3.63) is 28.5 Å². The van der Waals surface area contributed by atoms with Crippen LogP contribution < -0.4 is 10.6 Å². The zero-order valence-corrected chi connectivity index (χ0v) is 12.1. The Morgan fingerprint density at radius 2 is 2.10 bits per heavy atom. The van der Waals surface area contributed by atoms with E-state index in [1.165, 1.54) is 4.90 Å². The molecule has 0 radical (unpaired) electrons. The highest BCUT2D eigenvalue weighted by molar-refractivity contribution is 5.79. The van der Waals surface area contributed by atoms with Gasteiger partial charge in [-0.1, -0.05) is 0 Å². The van der Waals surface area contributed by atoms with Gasteiger partial charge in [-0.2, -0.15) is 5.10 Å². The molecule has 0 bridgehead atoms. The molecule has 3 rings (SSSR count). The van der Waals surface area contributed by atoms with Crippen molar-refractivity contribution in [1.82, 2.24) is 14.7 Å². The minimum Gasteiger partial charge on any atom is -0.443 e. The number of allylic oxidation sites excluding steroid dienone is 1. The van der Waals surface area contributed by atoms with E-state index in [4.69, 9.17) is 4.74 Å². The first-order valence-corrected chi connectivity index (χ1v) is 6.64. The predicted octanol–water partition coefficient (Wildman–Crippen LogP) is 1.14. The van der Waals surface area contributed by atoms with E-state index in [0.29, 0.717) is 0 Å². The lowest BCUT2D eigenvalue weighted by Crippen LogP contribution is -2.36. The van der Waals surface area contributed by atoms with Gasteiger partial charge in [-0.25, -0.2) is 9.48 Å². The van der Waals surface area contributed by atoms with Gasteiger partial charge in [0.05, 0.1) is 17.2 Å². The third-order valence-electron chi connectivity index (χ3n) is 2.88. The first-order valence-electron chi connectivity index (χ1n) is 6.64. The second-order valence-electron chi connectivity index (χ2n) is 5.73. The van der Waals surface area contributed by atoms with Gasteiger partial charge < -0.3 is 4.74 Å².